The van der Waals surface area contributed by atoms with E-state index in [4.69, 9.17) is 44.9 Å². The van der Waals surface area contributed by atoms with Crippen molar-refractivity contribution in [3.63, 3.8) is 0 Å². The lowest BCUT2D eigenvalue weighted by Gasteiger charge is -2.20. The van der Waals surface area contributed by atoms with Crippen molar-refractivity contribution in [1.29, 1.82) is 0 Å². The van der Waals surface area contributed by atoms with Crippen molar-refractivity contribution in [2.24, 2.45) is 0 Å². The van der Waals surface area contributed by atoms with Crippen molar-refractivity contribution in [3.05, 3.63) is 564 Å². The summed E-state index contributed by atoms with van der Waals surface area (Å²) in [6.45, 7) is 0. The van der Waals surface area contributed by atoms with Crippen LogP contribution in [0.2, 0.25) is 0 Å². The van der Waals surface area contributed by atoms with Gasteiger partial charge in [-0.1, -0.05) is 546 Å². The smallest absolute Gasteiger partial charge is 0.164 e. The molecule has 0 fully saturated rings. The molecule has 9 heteroatoms. The highest BCUT2D eigenvalue weighted by atomic mass is 15.1. The van der Waals surface area contributed by atoms with Gasteiger partial charge in [-0.2, -0.15) is 0 Å². The van der Waals surface area contributed by atoms with Crippen molar-refractivity contribution in [2.75, 3.05) is 0 Å². The van der Waals surface area contributed by atoms with Crippen LogP contribution in [-0.2, 0) is 0 Å². The summed E-state index contributed by atoms with van der Waals surface area (Å²) in [6, 6.07) is 198. The third kappa shape index (κ3) is 18.5. The van der Waals surface area contributed by atoms with E-state index < -0.39 is 0 Å². The predicted molar refractivity (Wildman–Crippen MR) is 622 cm³/mol. The van der Waals surface area contributed by atoms with Crippen LogP contribution < -0.4 is 0 Å². The van der Waals surface area contributed by atoms with E-state index >= 15 is 0 Å². The van der Waals surface area contributed by atoms with Crippen molar-refractivity contribution < 1.29 is 0 Å². The van der Waals surface area contributed by atoms with Gasteiger partial charge in [0.05, 0.1) is 0 Å². The van der Waals surface area contributed by atoms with Gasteiger partial charge in [0, 0.05) is 50.1 Å². The molecule has 0 saturated heterocycles. The molecule has 0 amide bonds. The number of rotatable bonds is 18. The Morgan fingerprint density at radius 3 is 0.367 bits per heavy atom. The zero-order valence-electron chi connectivity index (χ0n) is 81.7. The molecule has 27 rings (SSSR count). The molecule has 150 heavy (non-hydrogen) atoms. The van der Waals surface area contributed by atoms with Gasteiger partial charge in [-0.3, -0.25) is 0 Å². The van der Waals surface area contributed by atoms with E-state index in [9.17, 15) is 0 Å². The van der Waals surface area contributed by atoms with Gasteiger partial charge < -0.3 is 0 Å². The zero-order chi connectivity index (χ0) is 99.8. The quantitative estimate of drug-likeness (QED) is 0.0774. The lowest BCUT2D eigenvalue weighted by atomic mass is 9.83. The van der Waals surface area contributed by atoms with Gasteiger partial charge in [0.25, 0.3) is 0 Å². The number of fused-ring (bicyclic) bond motifs is 9. The van der Waals surface area contributed by atoms with Gasteiger partial charge in [0.1, 0.15) is 0 Å². The second kappa shape index (κ2) is 41.3. The molecule has 0 bridgehead atoms. The maximum atomic E-state index is 5.01. The fourth-order valence-corrected chi connectivity index (χ4v) is 20.8. The van der Waals surface area contributed by atoms with Crippen LogP contribution >= 0.6 is 0 Å². The molecule has 0 N–H and O–H groups in total. The Bertz CT molecular complexity index is 9350. The zero-order valence-corrected chi connectivity index (χ0v) is 81.7. The first-order valence-corrected chi connectivity index (χ1v) is 50.6. The lowest BCUT2D eigenvalue weighted by molar-refractivity contribution is 1.07. The van der Waals surface area contributed by atoms with Crippen LogP contribution in [0.15, 0.2) is 564 Å². The number of hydrogen-bond donors (Lipinski definition) is 0. The van der Waals surface area contributed by atoms with E-state index in [0.29, 0.717) is 52.4 Å². The molecule has 0 radical (unpaired) electrons. The molecule has 3 heterocycles. The summed E-state index contributed by atoms with van der Waals surface area (Å²) in [5.74, 6) is 5.84. The Morgan fingerprint density at radius 1 is 0.0733 bits per heavy atom. The number of benzene rings is 24. The minimum absolute atomic E-state index is 0.635. The summed E-state index contributed by atoms with van der Waals surface area (Å²) in [5, 5.41) is 14.8. The Morgan fingerprint density at radius 2 is 0.180 bits per heavy atom. The van der Waals surface area contributed by atoms with Gasteiger partial charge in [-0.05, 0) is 183 Å². The average Bonchev–Trinajstić information content (AvgIpc) is 0.602. The van der Waals surface area contributed by atoms with Gasteiger partial charge >= 0.3 is 0 Å². The molecule has 9 nitrogen and oxygen atoms in total. The number of aromatic nitrogens is 9. The van der Waals surface area contributed by atoms with Crippen LogP contribution in [0.5, 0.6) is 0 Å². The topological polar surface area (TPSA) is 116 Å². The molecule has 0 aliphatic rings. The van der Waals surface area contributed by atoms with Gasteiger partial charge in [0.2, 0.25) is 0 Å². The average molecular weight is 1910 g/mol. The fourth-order valence-electron chi connectivity index (χ4n) is 20.8. The highest BCUT2D eigenvalue weighted by molar-refractivity contribution is 6.25. The monoisotopic (exact) mass is 1910 g/mol. The summed E-state index contributed by atoms with van der Waals surface area (Å²) < 4.78 is 0. The Labute approximate surface area is 870 Å². The molecule has 702 valence electrons. The van der Waals surface area contributed by atoms with Crippen LogP contribution in [0.4, 0.5) is 0 Å². The van der Waals surface area contributed by atoms with Crippen molar-refractivity contribution in [2.45, 2.75) is 0 Å². The van der Waals surface area contributed by atoms with E-state index in [0.717, 1.165) is 66.8 Å². The van der Waals surface area contributed by atoms with Crippen molar-refractivity contribution in [1.82, 2.24) is 44.9 Å². The Hall–Kier alpha value is -20.1. The van der Waals surface area contributed by atoms with Crippen LogP contribution in [0.25, 0.3) is 267 Å². The summed E-state index contributed by atoms with van der Waals surface area (Å²) in [7, 11) is 0. The molecule has 0 aliphatic heterocycles. The fraction of sp³-hybridized carbons (Fsp3) is 0. The molecule has 0 spiro atoms. The molecular formula is C141H93N9. The Balaban J connectivity index is 0.000000117. The van der Waals surface area contributed by atoms with E-state index in [1.165, 1.54) is 148 Å². The lowest BCUT2D eigenvalue weighted by Crippen LogP contribution is -2.00. The van der Waals surface area contributed by atoms with Gasteiger partial charge in [0.15, 0.2) is 52.4 Å². The summed E-state index contributed by atoms with van der Waals surface area (Å²) >= 11 is 0. The maximum absolute atomic E-state index is 5.01. The second-order valence-electron chi connectivity index (χ2n) is 37.2. The minimum Gasteiger partial charge on any atom is -0.208 e. The molecule has 0 atom stereocenters. The molecule has 0 unspecified atom stereocenters. The van der Waals surface area contributed by atoms with Crippen molar-refractivity contribution in [3.8, 4) is 203 Å². The van der Waals surface area contributed by atoms with Crippen molar-refractivity contribution >= 4 is 64.6 Å². The number of nitrogens with zero attached hydrogens (tertiary/aromatic N) is 9. The first kappa shape index (κ1) is 91.1. The molecule has 0 saturated carbocycles. The SMILES string of the molecule is c1ccc(-c2cc(-c3ccccc3)cc(-c3c(-c4ccc(-c5nc(-c6ccccc6)nc(-c6ccccc6)n5)cc4)c4ccccc4c4ccccc34)c2)cc1.c1ccc(-c2ccc(-c3c(-c4ccc(-c5nc(-c6ccccc6)nc(-c6ccccc6)n5)cc4)c4ccccc4c4ccccc34)cc2)cc1.c1ccc(-c2nc(-c3ccccc3)nc(-c3ccc(-c4c(-c5ccccc5)c5ccccc5c5ccccc45)cc3)n2)cc1. The largest absolute Gasteiger partial charge is 0.208 e. The third-order valence-electron chi connectivity index (χ3n) is 28.0. The van der Waals surface area contributed by atoms with E-state index in [2.05, 4.69) is 382 Å². The minimum atomic E-state index is 0.635. The van der Waals surface area contributed by atoms with E-state index in [-0.39, 0.29) is 0 Å². The van der Waals surface area contributed by atoms with E-state index in [1.54, 1.807) is 0 Å². The van der Waals surface area contributed by atoms with E-state index in [1.807, 2.05) is 182 Å². The maximum Gasteiger partial charge on any atom is 0.164 e. The van der Waals surface area contributed by atoms with Gasteiger partial charge in [-0.15, -0.1) is 0 Å². The third-order valence-corrected chi connectivity index (χ3v) is 28.0. The van der Waals surface area contributed by atoms with Crippen LogP contribution in [0.3, 0.4) is 0 Å². The Kier molecular flexibility index (Phi) is 25.1. The van der Waals surface area contributed by atoms with Crippen LogP contribution in [0.1, 0.15) is 0 Å². The second-order valence-corrected chi connectivity index (χ2v) is 37.2. The summed E-state index contributed by atoms with van der Waals surface area (Å²) in [6.07, 6.45) is 0. The standard InChI is InChI=1S/C53H35N3.C47H31N3.C41H27N3/c1-5-17-36(18-6-1)42-33-43(37-19-7-2-8-20-37)35-44(34-42)50-48-28-16-14-26-46(48)45-25-13-15-27-47(45)49(50)38-29-31-41(32-30-38)53-55-51(39-21-9-3-10-22-39)54-52(56-53)40-23-11-4-12-24-40;1-4-14-32(15-5-1)33-24-26-34(27-25-33)43-41-22-12-10-20-39(41)40-21-11-13-23-42(40)44(43)35-28-30-38(31-29-35)47-49-45(36-16-6-2-7-17-36)48-46(50-47)37-18-8-3-9-19-37;1-4-14-28(15-5-1)37-35-22-12-10-20-33(35)34-21-11-13-23-36(34)38(37)29-24-26-32(27-25-29)41-43-39(30-16-6-2-7-17-30)42-40(44-41)31-18-8-3-9-19-31/h1-35H;1-31H;1-27H. The molecular weight excluding hydrogens is 1820 g/mol. The molecule has 3 aromatic heterocycles. The van der Waals surface area contributed by atoms with Gasteiger partial charge in [-0.25, -0.2) is 44.9 Å². The highest BCUT2D eigenvalue weighted by Crippen LogP contribution is 2.51. The van der Waals surface area contributed by atoms with Crippen LogP contribution in [0, 0.1) is 0 Å². The highest BCUT2D eigenvalue weighted by Gasteiger charge is 2.26. The summed E-state index contributed by atoms with van der Waals surface area (Å²) in [4.78, 5) is 44.5. The first-order valence-electron chi connectivity index (χ1n) is 50.6. The number of hydrogen-bond acceptors (Lipinski definition) is 9. The first-order chi connectivity index (χ1) is 74.4. The molecule has 0 aliphatic carbocycles. The molecule has 27 aromatic rings. The summed E-state index contributed by atoms with van der Waals surface area (Å²) in [5.41, 5.74) is 29.9. The van der Waals surface area contributed by atoms with Crippen LogP contribution in [-0.4, -0.2) is 44.9 Å². The predicted octanol–water partition coefficient (Wildman–Crippen LogP) is 36.5. The molecule has 24 aromatic carbocycles. The normalized spacial score (nSPS) is 11.2.